The Kier molecular flexibility index (Phi) is 3.30. The summed E-state index contributed by atoms with van der Waals surface area (Å²) in [7, 11) is -3.28. The molecule has 2 fully saturated rings. The van der Waals surface area contributed by atoms with Gasteiger partial charge in [0.2, 0.25) is 0 Å². The van der Waals surface area contributed by atoms with E-state index >= 15 is 0 Å². The number of hydrogen-bond donors (Lipinski definition) is 3. The molecule has 2 aliphatic rings. The Hall–Kier alpha value is -0.170. The van der Waals surface area contributed by atoms with Gasteiger partial charge in [-0.2, -0.15) is 13.1 Å². The van der Waals surface area contributed by atoms with Crippen molar-refractivity contribution in [1.29, 1.82) is 0 Å². The standard InChI is InChI=1S/C9H19N3O2S/c1-2-10-15(13,14)12-9-5-7-3-4-8(6-9)11-7/h7-12H,2-6H2,1H3. The average molecular weight is 233 g/mol. The molecule has 88 valence electrons. The lowest BCUT2D eigenvalue weighted by atomic mass is 10.0. The molecule has 0 aromatic heterocycles. The zero-order valence-corrected chi connectivity index (χ0v) is 9.81. The van der Waals surface area contributed by atoms with E-state index in [-0.39, 0.29) is 6.04 Å². The van der Waals surface area contributed by atoms with Gasteiger partial charge in [-0.1, -0.05) is 6.92 Å². The van der Waals surface area contributed by atoms with E-state index in [4.69, 9.17) is 0 Å². The first-order valence-electron chi connectivity index (χ1n) is 5.62. The molecule has 3 N–H and O–H groups in total. The van der Waals surface area contributed by atoms with Crippen LogP contribution in [0.25, 0.3) is 0 Å². The van der Waals surface area contributed by atoms with Crippen molar-refractivity contribution in [2.24, 2.45) is 0 Å². The van der Waals surface area contributed by atoms with E-state index < -0.39 is 10.2 Å². The molecule has 0 aromatic carbocycles. The summed E-state index contributed by atoms with van der Waals surface area (Å²) >= 11 is 0. The van der Waals surface area contributed by atoms with Crippen LogP contribution in [-0.4, -0.2) is 33.1 Å². The Labute approximate surface area is 91.2 Å². The summed E-state index contributed by atoms with van der Waals surface area (Å²) < 4.78 is 28.2. The minimum atomic E-state index is -3.28. The van der Waals surface area contributed by atoms with Gasteiger partial charge in [0.25, 0.3) is 10.2 Å². The van der Waals surface area contributed by atoms with Gasteiger partial charge in [-0.3, -0.25) is 0 Å². The summed E-state index contributed by atoms with van der Waals surface area (Å²) in [6.45, 7) is 2.22. The number of rotatable bonds is 4. The molecular formula is C9H19N3O2S. The molecule has 2 aliphatic heterocycles. The fourth-order valence-electron chi connectivity index (χ4n) is 2.60. The quantitative estimate of drug-likeness (QED) is 0.625. The van der Waals surface area contributed by atoms with Crippen molar-refractivity contribution >= 4 is 10.2 Å². The highest BCUT2D eigenvalue weighted by Gasteiger charge is 2.34. The maximum Gasteiger partial charge on any atom is 0.277 e. The summed E-state index contributed by atoms with van der Waals surface area (Å²) in [5.74, 6) is 0. The zero-order chi connectivity index (χ0) is 10.9. The van der Waals surface area contributed by atoms with Gasteiger partial charge in [-0.25, -0.2) is 4.72 Å². The molecule has 2 atom stereocenters. The molecule has 0 aromatic rings. The summed E-state index contributed by atoms with van der Waals surface area (Å²) in [4.78, 5) is 0. The summed E-state index contributed by atoms with van der Waals surface area (Å²) in [5, 5.41) is 3.48. The summed E-state index contributed by atoms with van der Waals surface area (Å²) in [6.07, 6.45) is 4.20. The smallest absolute Gasteiger partial charge is 0.277 e. The first kappa shape index (κ1) is 11.3. The molecule has 2 rings (SSSR count). The zero-order valence-electron chi connectivity index (χ0n) is 8.99. The van der Waals surface area contributed by atoms with E-state index in [1.54, 1.807) is 6.92 Å². The van der Waals surface area contributed by atoms with Crippen molar-refractivity contribution in [1.82, 2.24) is 14.8 Å². The maximum atomic E-state index is 11.5. The summed E-state index contributed by atoms with van der Waals surface area (Å²) in [5.41, 5.74) is 0. The van der Waals surface area contributed by atoms with Crippen LogP contribution < -0.4 is 14.8 Å². The van der Waals surface area contributed by atoms with Gasteiger partial charge in [-0.15, -0.1) is 0 Å². The molecule has 2 bridgehead atoms. The lowest BCUT2D eigenvalue weighted by Gasteiger charge is -2.29. The Balaban J connectivity index is 1.90. The average Bonchev–Trinajstić information content (AvgIpc) is 2.44. The molecule has 2 unspecified atom stereocenters. The summed E-state index contributed by atoms with van der Waals surface area (Å²) in [6, 6.07) is 1.13. The Morgan fingerprint density at radius 3 is 2.40 bits per heavy atom. The first-order chi connectivity index (χ1) is 7.09. The number of fused-ring (bicyclic) bond motifs is 2. The normalized spacial score (nSPS) is 35.7. The Morgan fingerprint density at radius 1 is 1.27 bits per heavy atom. The predicted octanol–water partition coefficient (Wildman–Crippen LogP) is -0.287. The third-order valence-corrected chi connectivity index (χ3v) is 4.44. The van der Waals surface area contributed by atoms with E-state index in [1.807, 2.05) is 0 Å². The molecule has 0 spiro atoms. The van der Waals surface area contributed by atoms with E-state index in [0.717, 1.165) is 12.8 Å². The monoisotopic (exact) mass is 233 g/mol. The molecule has 0 radical (unpaired) electrons. The van der Waals surface area contributed by atoms with Crippen LogP contribution in [0.5, 0.6) is 0 Å². The fraction of sp³-hybridized carbons (Fsp3) is 1.00. The van der Waals surface area contributed by atoms with Crippen molar-refractivity contribution in [3.63, 3.8) is 0 Å². The predicted molar refractivity (Wildman–Crippen MR) is 58.7 cm³/mol. The Bertz CT molecular complexity index is 305. The number of piperidine rings is 1. The molecule has 2 heterocycles. The number of hydrogen-bond acceptors (Lipinski definition) is 3. The van der Waals surface area contributed by atoms with Crippen LogP contribution in [0, 0.1) is 0 Å². The van der Waals surface area contributed by atoms with Crippen LogP contribution in [0.1, 0.15) is 32.6 Å². The highest BCUT2D eigenvalue weighted by Crippen LogP contribution is 2.26. The van der Waals surface area contributed by atoms with Crippen LogP contribution in [-0.2, 0) is 10.2 Å². The van der Waals surface area contributed by atoms with Gasteiger partial charge in [0.15, 0.2) is 0 Å². The number of nitrogens with one attached hydrogen (secondary N) is 3. The lowest BCUT2D eigenvalue weighted by molar-refractivity contribution is 0.344. The molecule has 6 heteroatoms. The van der Waals surface area contributed by atoms with Gasteiger partial charge >= 0.3 is 0 Å². The van der Waals surface area contributed by atoms with Crippen molar-refractivity contribution in [3.05, 3.63) is 0 Å². The molecule has 0 amide bonds. The van der Waals surface area contributed by atoms with Crippen molar-refractivity contribution in [2.45, 2.75) is 50.7 Å². The van der Waals surface area contributed by atoms with Crippen LogP contribution in [0.2, 0.25) is 0 Å². The third-order valence-electron chi connectivity index (χ3n) is 3.13. The van der Waals surface area contributed by atoms with Gasteiger partial charge in [0, 0.05) is 24.7 Å². The van der Waals surface area contributed by atoms with Gasteiger partial charge in [0.05, 0.1) is 0 Å². The van der Waals surface area contributed by atoms with Crippen LogP contribution >= 0.6 is 0 Å². The Morgan fingerprint density at radius 2 is 1.87 bits per heavy atom. The van der Waals surface area contributed by atoms with Crippen molar-refractivity contribution in [3.8, 4) is 0 Å². The molecule has 5 nitrogen and oxygen atoms in total. The second-order valence-corrected chi connectivity index (χ2v) is 5.96. The third kappa shape index (κ3) is 2.90. The van der Waals surface area contributed by atoms with E-state index in [9.17, 15) is 8.42 Å². The SMILES string of the molecule is CCNS(=O)(=O)NC1CC2CCC(C1)N2. The van der Waals surface area contributed by atoms with Crippen LogP contribution in [0.15, 0.2) is 0 Å². The minimum Gasteiger partial charge on any atom is -0.311 e. The van der Waals surface area contributed by atoms with Gasteiger partial charge in [0.1, 0.15) is 0 Å². The lowest BCUT2D eigenvalue weighted by Crippen LogP contribution is -2.50. The largest absolute Gasteiger partial charge is 0.311 e. The highest BCUT2D eigenvalue weighted by atomic mass is 32.2. The van der Waals surface area contributed by atoms with E-state index in [2.05, 4.69) is 14.8 Å². The molecule has 15 heavy (non-hydrogen) atoms. The van der Waals surface area contributed by atoms with Crippen LogP contribution in [0.3, 0.4) is 0 Å². The van der Waals surface area contributed by atoms with Crippen molar-refractivity contribution < 1.29 is 8.42 Å². The van der Waals surface area contributed by atoms with Crippen LogP contribution in [0.4, 0.5) is 0 Å². The first-order valence-corrected chi connectivity index (χ1v) is 7.10. The molecule has 2 saturated heterocycles. The van der Waals surface area contributed by atoms with E-state index in [1.165, 1.54) is 12.8 Å². The fourth-order valence-corrected chi connectivity index (χ4v) is 3.70. The van der Waals surface area contributed by atoms with Gasteiger partial charge in [-0.05, 0) is 25.7 Å². The molecule has 0 saturated carbocycles. The molecule has 0 aliphatic carbocycles. The van der Waals surface area contributed by atoms with E-state index in [0.29, 0.717) is 18.6 Å². The van der Waals surface area contributed by atoms with Gasteiger partial charge < -0.3 is 5.32 Å². The topological polar surface area (TPSA) is 70.2 Å². The highest BCUT2D eigenvalue weighted by molar-refractivity contribution is 7.87. The minimum absolute atomic E-state index is 0.104. The van der Waals surface area contributed by atoms with Crippen molar-refractivity contribution in [2.75, 3.05) is 6.54 Å². The molecular weight excluding hydrogens is 214 g/mol. The second kappa shape index (κ2) is 4.37. The second-order valence-electron chi connectivity index (χ2n) is 4.43. The maximum absolute atomic E-state index is 11.5.